The first kappa shape index (κ1) is 17.1. The Morgan fingerprint density at radius 1 is 1.17 bits per heavy atom. The predicted molar refractivity (Wildman–Crippen MR) is 87.4 cm³/mol. The summed E-state index contributed by atoms with van der Waals surface area (Å²) in [5.41, 5.74) is 1.44. The smallest absolute Gasteiger partial charge is 0.338 e. The molecular weight excluding hydrogens is 365 g/mol. The lowest BCUT2D eigenvalue weighted by Crippen LogP contribution is -2.28. The van der Waals surface area contributed by atoms with Crippen LogP contribution in [0, 0.1) is 12.7 Å². The zero-order valence-corrected chi connectivity index (χ0v) is 14.0. The molecule has 0 bridgehead atoms. The zero-order valence-electron chi connectivity index (χ0n) is 12.4. The molecule has 2 rings (SSSR count). The molecule has 0 spiro atoms. The maximum absolute atomic E-state index is 13.4. The van der Waals surface area contributed by atoms with Crippen molar-refractivity contribution in [1.29, 1.82) is 0 Å². The van der Waals surface area contributed by atoms with Crippen LogP contribution in [0.3, 0.4) is 0 Å². The highest BCUT2D eigenvalue weighted by Crippen LogP contribution is 2.11. The number of halogens is 2. The molecule has 0 radical (unpaired) electrons. The Morgan fingerprint density at radius 2 is 1.87 bits per heavy atom. The van der Waals surface area contributed by atoms with Gasteiger partial charge in [0.2, 0.25) is 0 Å². The van der Waals surface area contributed by atoms with E-state index in [1.54, 1.807) is 6.92 Å². The number of carbonyl (C=O) groups excluding carboxylic acids is 2. The summed E-state index contributed by atoms with van der Waals surface area (Å²) in [6, 6.07) is 11.5. The van der Waals surface area contributed by atoms with Gasteiger partial charge >= 0.3 is 5.97 Å². The van der Waals surface area contributed by atoms with Gasteiger partial charge in [-0.2, -0.15) is 0 Å². The Hall–Kier alpha value is -2.21. The number of rotatable bonds is 5. The Balaban J connectivity index is 1.80. The van der Waals surface area contributed by atoms with Crippen LogP contribution in [0.2, 0.25) is 0 Å². The topological polar surface area (TPSA) is 55.4 Å². The van der Waals surface area contributed by atoms with Crippen LogP contribution in [0.4, 0.5) is 4.39 Å². The summed E-state index contributed by atoms with van der Waals surface area (Å²) in [5, 5.41) is 2.64. The molecule has 6 heteroatoms. The molecule has 2 aromatic rings. The van der Waals surface area contributed by atoms with Crippen LogP contribution in [0.25, 0.3) is 0 Å². The minimum Gasteiger partial charge on any atom is -0.452 e. The summed E-state index contributed by atoms with van der Waals surface area (Å²) < 4.78 is 19.2. The first-order chi connectivity index (χ1) is 11.0. The number of amides is 1. The van der Waals surface area contributed by atoms with Crippen molar-refractivity contribution in [1.82, 2.24) is 5.32 Å². The maximum Gasteiger partial charge on any atom is 0.338 e. The Labute approximate surface area is 141 Å². The molecule has 0 saturated carbocycles. The SMILES string of the molecule is Cc1ccc(C(=O)OCC(=O)NCc2ccc(Br)cc2)cc1F. The fourth-order valence-corrected chi connectivity index (χ4v) is 2.05. The molecule has 23 heavy (non-hydrogen) atoms. The van der Waals surface area contributed by atoms with E-state index in [1.807, 2.05) is 24.3 Å². The van der Waals surface area contributed by atoms with Gasteiger partial charge in [0.1, 0.15) is 5.82 Å². The number of aryl methyl sites for hydroxylation is 1. The normalized spacial score (nSPS) is 10.2. The van der Waals surface area contributed by atoms with Crippen molar-refractivity contribution in [3.8, 4) is 0 Å². The van der Waals surface area contributed by atoms with E-state index in [1.165, 1.54) is 12.1 Å². The van der Waals surface area contributed by atoms with Gasteiger partial charge in [0.25, 0.3) is 5.91 Å². The van der Waals surface area contributed by atoms with Crippen LogP contribution in [-0.4, -0.2) is 18.5 Å². The van der Waals surface area contributed by atoms with Gasteiger partial charge in [0.05, 0.1) is 5.56 Å². The minimum absolute atomic E-state index is 0.0776. The third kappa shape index (κ3) is 5.17. The van der Waals surface area contributed by atoms with Crippen LogP contribution < -0.4 is 5.32 Å². The van der Waals surface area contributed by atoms with Gasteiger partial charge in [-0.05, 0) is 42.3 Å². The van der Waals surface area contributed by atoms with Crippen LogP contribution in [0.15, 0.2) is 46.9 Å². The highest BCUT2D eigenvalue weighted by molar-refractivity contribution is 9.10. The molecule has 0 heterocycles. The molecule has 0 aliphatic heterocycles. The van der Waals surface area contributed by atoms with E-state index in [0.717, 1.165) is 16.1 Å². The van der Waals surface area contributed by atoms with Gasteiger partial charge in [-0.15, -0.1) is 0 Å². The van der Waals surface area contributed by atoms with E-state index in [9.17, 15) is 14.0 Å². The molecule has 0 aliphatic carbocycles. The summed E-state index contributed by atoms with van der Waals surface area (Å²) >= 11 is 3.33. The molecule has 0 atom stereocenters. The van der Waals surface area contributed by atoms with Crippen molar-refractivity contribution in [2.45, 2.75) is 13.5 Å². The highest BCUT2D eigenvalue weighted by Gasteiger charge is 2.11. The molecule has 0 fully saturated rings. The summed E-state index contributed by atoms with van der Waals surface area (Å²) in [6.07, 6.45) is 0. The van der Waals surface area contributed by atoms with Crippen molar-refractivity contribution < 1.29 is 18.7 Å². The predicted octanol–water partition coefficient (Wildman–Crippen LogP) is 3.37. The average molecular weight is 380 g/mol. The van der Waals surface area contributed by atoms with Crippen molar-refractivity contribution in [2.24, 2.45) is 0 Å². The van der Waals surface area contributed by atoms with E-state index >= 15 is 0 Å². The molecule has 1 N–H and O–H groups in total. The lowest BCUT2D eigenvalue weighted by molar-refractivity contribution is -0.124. The number of carbonyl (C=O) groups is 2. The summed E-state index contributed by atoms with van der Waals surface area (Å²) in [5.74, 6) is -1.64. The standard InChI is InChI=1S/C17H15BrFNO3/c1-11-2-5-13(8-15(11)19)17(22)23-10-16(21)20-9-12-3-6-14(18)7-4-12/h2-8H,9-10H2,1H3,(H,20,21). The first-order valence-corrected chi connectivity index (χ1v) is 7.69. The molecule has 0 saturated heterocycles. The number of nitrogens with one attached hydrogen (secondary N) is 1. The van der Waals surface area contributed by atoms with Gasteiger partial charge in [0, 0.05) is 11.0 Å². The van der Waals surface area contributed by atoms with Crippen molar-refractivity contribution in [3.05, 3.63) is 69.4 Å². The maximum atomic E-state index is 13.4. The van der Waals surface area contributed by atoms with E-state index in [0.29, 0.717) is 12.1 Å². The molecule has 120 valence electrons. The van der Waals surface area contributed by atoms with E-state index in [-0.39, 0.29) is 5.56 Å². The van der Waals surface area contributed by atoms with E-state index < -0.39 is 24.3 Å². The van der Waals surface area contributed by atoms with Crippen molar-refractivity contribution in [2.75, 3.05) is 6.61 Å². The third-order valence-corrected chi connectivity index (χ3v) is 3.67. The van der Waals surface area contributed by atoms with E-state index in [2.05, 4.69) is 21.2 Å². The summed E-state index contributed by atoms with van der Waals surface area (Å²) in [4.78, 5) is 23.4. The highest BCUT2D eigenvalue weighted by atomic mass is 79.9. The number of hydrogen-bond acceptors (Lipinski definition) is 3. The second-order valence-corrected chi connectivity index (χ2v) is 5.86. The van der Waals surface area contributed by atoms with Crippen molar-refractivity contribution >= 4 is 27.8 Å². The van der Waals surface area contributed by atoms with Crippen LogP contribution in [-0.2, 0) is 16.1 Å². The number of benzene rings is 2. The summed E-state index contributed by atoms with van der Waals surface area (Å²) in [6.45, 7) is 1.52. The fraction of sp³-hybridized carbons (Fsp3) is 0.176. The number of hydrogen-bond donors (Lipinski definition) is 1. The molecule has 0 aromatic heterocycles. The third-order valence-electron chi connectivity index (χ3n) is 3.14. The zero-order chi connectivity index (χ0) is 16.8. The lowest BCUT2D eigenvalue weighted by Gasteiger charge is -2.07. The van der Waals surface area contributed by atoms with Crippen LogP contribution >= 0.6 is 15.9 Å². The summed E-state index contributed by atoms with van der Waals surface area (Å²) in [7, 11) is 0. The Morgan fingerprint density at radius 3 is 2.52 bits per heavy atom. The molecule has 0 unspecified atom stereocenters. The molecule has 4 nitrogen and oxygen atoms in total. The first-order valence-electron chi connectivity index (χ1n) is 6.90. The molecule has 0 aliphatic rings. The molecule has 1 amide bonds. The van der Waals surface area contributed by atoms with E-state index in [4.69, 9.17) is 4.74 Å². The van der Waals surface area contributed by atoms with Gasteiger partial charge in [0.15, 0.2) is 6.61 Å². The molecular formula is C17H15BrFNO3. The average Bonchev–Trinajstić information content (AvgIpc) is 2.54. The van der Waals surface area contributed by atoms with Crippen LogP contribution in [0.5, 0.6) is 0 Å². The quantitative estimate of drug-likeness (QED) is 0.810. The second kappa shape index (κ2) is 7.87. The monoisotopic (exact) mass is 379 g/mol. The largest absolute Gasteiger partial charge is 0.452 e. The van der Waals surface area contributed by atoms with Gasteiger partial charge < -0.3 is 10.1 Å². The van der Waals surface area contributed by atoms with Gasteiger partial charge in [-0.1, -0.05) is 34.1 Å². The number of ether oxygens (including phenoxy) is 1. The lowest BCUT2D eigenvalue weighted by atomic mass is 10.1. The fourth-order valence-electron chi connectivity index (χ4n) is 1.79. The Bertz CT molecular complexity index is 716. The van der Waals surface area contributed by atoms with Crippen LogP contribution in [0.1, 0.15) is 21.5 Å². The second-order valence-electron chi connectivity index (χ2n) is 4.94. The van der Waals surface area contributed by atoms with Gasteiger partial charge in [-0.3, -0.25) is 4.79 Å². The van der Waals surface area contributed by atoms with Crippen molar-refractivity contribution in [3.63, 3.8) is 0 Å². The number of esters is 1. The minimum atomic E-state index is -0.734. The molecule has 2 aromatic carbocycles. The van der Waals surface area contributed by atoms with Gasteiger partial charge in [-0.25, -0.2) is 9.18 Å². The Kier molecular flexibility index (Phi) is 5.87.